The summed E-state index contributed by atoms with van der Waals surface area (Å²) in [5.41, 5.74) is 0. The van der Waals surface area contributed by atoms with Crippen molar-refractivity contribution in [2.24, 2.45) is 0 Å². The number of rotatable bonds is 0. The molecule has 0 atom stereocenters. The number of hydrogen-bond acceptors (Lipinski definition) is 0. The van der Waals surface area contributed by atoms with Gasteiger partial charge in [0.1, 0.15) is 0 Å². The molecule has 0 saturated heterocycles. The van der Waals surface area contributed by atoms with Crippen LogP contribution in [0, 0.1) is 19.6 Å². The second-order valence-corrected chi connectivity index (χ2v) is 6.46. The molecule has 34 heavy (non-hydrogen) atoms. The van der Waals surface area contributed by atoms with E-state index in [1.54, 1.807) is 0 Å². The molecule has 0 aromatic heterocycles. The molecule has 0 aliphatic carbocycles. The van der Waals surface area contributed by atoms with E-state index in [-0.39, 0.29) is 67.6 Å². The standard InChI is InChI=1S/2C9H7.2C6H5.CH3.2BrH.Zr/c2*1-2-5-9-7-3-6-8(9)4-1;2*1-2-4-6-5-3-1;;;;/h2*1-7H;2*1-5H;1H3;2*1H;/q5*-1;;;. The van der Waals surface area contributed by atoms with Gasteiger partial charge >= 0.3 is 0 Å². The van der Waals surface area contributed by atoms with Gasteiger partial charge in [-0.05, 0) is 0 Å². The summed E-state index contributed by atoms with van der Waals surface area (Å²) in [6, 6.07) is 54.3. The second-order valence-electron chi connectivity index (χ2n) is 6.46. The van der Waals surface area contributed by atoms with Crippen molar-refractivity contribution in [3.05, 3.63) is 165 Å². The van der Waals surface area contributed by atoms with E-state index in [4.69, 9.17) is 0 Å². The van der Waals surface area contributed by atoms with Gasteiger partial charge in [-0.1, -0.05) is 12.1 Å². The molecule has 176 valence electrons. The fourth-order valence-electron chi connectivity index (χ4n) is 2.82. The smallest absolute Gasteiger partial charge is 0 e. The number of benzene rings is 4. The number of hydrogen-bond donors (Lipinski definition) is 0. The number of halogens is 2. The van der Waals surface area contributed by atoms with Crippen molar-refractivity contribution >= 4 is 55.5 Å². The average Bonchev–Trinajstić information content (AvgIpc) is 3.52. The first-order valence-corrected chi connectivity index (χ1v) is 9.96. The van der Waals surface area contributed by atoms with Crippen LogP contribution in [0.4, 0.5) is 0 Å². The zero-order valence-corrected chi connectivity index (χ0v) is 25.1. The summed E-state index contributed by atoms with van der Waals surface area (Å²) in [7, 11) is 0. The largest absolute Gasteiger partial charge is 0.358 e. The SMILES string of the molecule is Br.Br.[CH3-].[Zr].[c-]1ccccc1.[c-]1ccccc1.c1ccc2[cH-]ccc2c1.c1ccc2[cH-]ccc2c1. The van der Waals surface area contributed by atoms with E-state index >= 15 is 0 Å². The van der Waals surface area contributed by atoms with Crippen molar-refractivity contribution in [2.45, 2.75) is 0 Å². The van der Waals surface area contributed by atoms with Crippen LogP contribution in [0.3, 0.4) is 0 Å². The van der Waals surface area contributed by atoms with Crippen molar-refractivity contribution in [3.63, 3.8) is 0 Å². The Hall–Kier alpha value is -2.06. The minimum Gasteiger partial charge on any atom is -0.358 e. The van der Waals surface area contributed by atoms with Crippen LogP contribution >= 0.6 is 34.0 Å². The predicted molar refractivity (Wildman–Crippen MR) is 157 cm³/mol. The summed E-state index contributed by atoms with van der Waals surface area (Å²) in [5.74, 6) is 0. The van der Waals surface area contributed by atoms with Gasteiger partial charge in [-0.25, -0.2) is 0 Å². The summed E-state index contributed by atoms with van der Waals surface area (Å²) in [6.07, 6.45) is 0. The maximum atomic E-state index is 2.89. The van der Waals surface area contributed by atoms with Gasteiger partial charge in [-0.2, -0.15) is 108 Å². The van der Waals surface area contributed by atoms with E-state index in [2.05, 4.69) is 97.1 Å². The topological polar surface area (TPSA) is 0 Å². The monoisotopic (exact) mass is 649 g/mol. The van der Waals surface area contributed by atoms with E-state index < -0.39 is 0 Å². The Morgan fingerprint density at radius 2 is 0.794 bits per heavy atom. The van der Waals surface area contributed by atoms with Gasteiger partial charge in [0.15, 0.2) is 0 Å². The number of fused-ring (bicyclic) bond motifs is 2. The van der Waals surface area contributed by atoms with Crippen LogP contribution in [0.25, 0.3) is 21.5 Å². The molecule has 0 N–H and O–H groups in total. The molecule has 0 bridgehead atoms. The van der Waals surface area contributed by atoms with Crippen LogP contribution < -0.4 is 0 Å². The molecule has 0 aliphatic heterocycles. The fraction of sp³-hybridized carbons (Fsp3) is 0. The molecule has 6 aromatic carbocycles. The van der Waals surface area contributed by atoms with Gasteiger partial charge in [0.2, 0.25) is 0 Å². The van der Waals surface area contributed by atoms with Crippen LogP contribution in [0.15, 0.2) is 146 Å². The van der Waals surface area contributed by atoms with Gasteiger partial charge in [0.25, 0.3) is 0 Å². The second kappa shape index (κ2) is 21.5. The van der Waals surface area contributed by atoms with Gasteiger partial charge in [0.05, 0.1) is 0 Å². The zero-order valence-electron chi connectivity index (χ0n) is 19.2. The maximum absolute atomic E-state index is 2.89. The molecule has 6 aromatic rings. The molecular formula is C31H29Br2Zr-5. The molecule has 3 heteroatoms. The molecule has 0 fully saturated rings. The van der Waals surface area contributed by atoms with Crippen molar-refractivity contribution in [3.8, 4) is 0 Å². The Bertz CT molecular complexity index is 984. The quantitative estimate of drug-likeness (QED) is 0.143. The predicted octanol–water partition coefficient (Wildman–Crippen LogP) is 9.69. The van der Waals surface area contributed by atoms with E-state index in [0.29, 0.717) is 0 Å². The summed E-state index contributed by atoms with van der Waals surface area (Å²) >= 11 is 0. The van der Waals surface area contributed by atoms with E-state index in [1.165, 1.54) is 21.5 Å². The third kappa shape index (κ3) is 13.0. The Morgan fingerprint density at radius 1 is 0.441 bits per heavy atom. The minimum atomic E-state index is 0. The Balaban J connectivity index is 0. The van der Waals surface area contributed by atoms with Gasteiger partial charge in [-0.3, -0.25) is 0 Å². The molecule has 0 saturated carbocycles. The summed E-state index contributed by atoms with van der Waals surface area (Å²) in [4.78, 5) is 0. The van der Waals surface area contributed by atoms with Gasteiger partial charge < -0.3 is 7.43 Å². The third-order valence-electron chi connectivity index (χ3n) is 4.31. The summed E-state index contributed by atoms with van der Waals surface area (Å²) in [5, 5.41) is 5.32. The Labute approximate surface area is 245 Å². The molecule has 0 radical (unpaired) electrons. The molecule has 0 heterocycles. The van der Waals surface area contributed by atoms with Crippen LogP contribution in [0.5, 0.6) is 0 Å². The Kier molecular flexibility index (Phi) is 21.5. The normalized spacial score (nSPS) is 8.24. The van der Waals surface area contributed by atoms with E-state index in [9.17, 15) is 0 Å². The van der Waals surface area contributed by atoms with Crippen LogP contribution in [0.1, 0.15) is 0 Å². The first kappa shape index (κ1) is 34.1. The molecule has 0 spiro atoms. The first-order chi connectivity index (χ1) is 14.9. The third-order valence-corrected chi connectivity index (χ3v) is 4.31. The molecule has 0 aliphatic rings. The maximum Gasteiger partial charge on any atom is 0 e. The summed E-state index contributed by atoms with van der Waals surface area (Å²) < 4.78 is 0. The zero-order chi connectivity index (χ0) is 20.7. The van der Waals surface area contributed by atoms with Gasteiger partial charge in [0, 0.05) is 26.2 Å². The van der Waals surface area contributed by atoms with E-state index in [0.717, 1.165) is 0 Å². The van der Waals surface area contributed by atoms with Crippen molar-refractivity contribution in [2.75, 3.05) is 0 Å². The molecule has 0 unspecified atom stereocenters. The minimum absolute atomic E-state index is 0. The first-order valence-electron chi connectivity index (χ1n) is 9.96. The van der Waals surface area contributed by atoms with Crippen molar-refractivity contribution in [1.29, 1.82) is 0 Å². The van der Waals surface area contributed by atoms with Crippen LogP contribution in [-0.4, -0.2) is 0 Å². The van der Waals surface area contributed by atoms with E-state index in [1.807, 2.05) is 60.7 Å². The molecule has 0 amide bonds. The Morgan fingerprint density at radius 3 is 1.06 bits per heavy atom. The molecule has 0 nitrogen and oxygen atoms in total. The fourth-order valence-corrected chi connectivity index (χ4v) is 2.82. The molecular weight excluding hydrogens is 623 g/mol. The van der Waals surface area contributed by atoms with Crippen molar-refractivity contribution in [1.82, 2.24) is 0 Å². The van der Waals surface area contributed by atoms with Crippen molar-refractivity contribution < 1.29 is 26.2 Å². The van der Waals surface area contributed by atoms with Crippen LogP contribution in [0.2, 0.25) is 0 Å². The average molecular weight is 653 g/mol. The summed E-state index contributed by atoms with van der Waals surface area (Å²) in [6.45, 7) is 0. The van der Waals surface area contributed by atoms with Gasteiger partial charge in [-0.15, -0.1) is 93.3 Å². The van der Waals surface area contributed by atoms with Crippen LogP contribution in [-0.2, 0) is 26.2 Å². The molecule has 6 rings (SSSR count).